The van der Waals surface area contributed by atoms with Gasteiger partial charge < -0.3 is 4.74 Å². The van der Waals surface area contributed by atoms with Crippen LogP contribution in [0.5, 0.6) is 5.75 Å². The van der Waals surface area contributed by atoms with Crippen molar-refractivity contribution < 1.29 is 21.6 Å². The Morgan fingerprint density at radius 2 is 1.62 bits per heavy atom. The van der Waals surface area contributed by atoms with E-state index in [4.69, 9.17) is 9.88 Å². The zero-order valence-corrected chi connectivity index (χ0v) is 16.4. The summed E-state index contributed by atoms with van der Waals surface area (Å²) in [5.74, 6) is 0.636. The van der Waals surface area contributed by atoms with Crippen LogP contribution in [0, 0.1) is 13.8 Å². The molecule has 0 aliphatic rings. The van der Waals surface area contributed by atoms with E-state index in [2.05, 4.69) is 4.72 Å². The molecule has 2 aromatic rings. The molecular formula is C17H22N2O5S2. The van der Waals surface area contributed by atoms with Gasteiger partial charge in [-0.2, -0.15) is 0 Å². The van der Waals surface area contributed by atoms with Gasteiger partial charge in [-0.25, -0.2) is 26.7 Å². The highest BCUT2D eigenvalue weighted by Gasteiger charge is 2.18. The standard InChI is InChI=1S/C17H22N2O5S2/c1-12-11-17(13(2)10-16(12)24-3)26(22,23)19-9-8-14-4-6-15(7-5-14)25(18,20)21/h4-7,10-11,19H,8-9H2,1-3H3,(H2,18,20,21). The van der Waals surface area contributed by atoms with Crippen molar-refractivity contribution in [2.75, 3.05) is 13.7 Å². The lowest BCUT2D eigenvalue weighted by Gasteiger charge is -2.13. The quantitative estimate of drug-likeness (QED) is 0.733. The van der Waals surface area contributed by atoms with Crippen LogP contribution in [-0.2, 0) is 26.5 Å². The van der Waals surface area contributed by atoms with Crippen molar-refractivity contribution in [1.82, 2.24) is 4.72 Å². The molecule has 0 amide bonds. The Labute approximate surface area is 154 Å². The highest BCUT2D eigenvalue weighted by Crippen LogP contribution is 2.25. The van der Waals surface area contributed by atoms with Gasteiger partial charge in [0.2, 0.25) is 20.0 Å². The Morgan fingerprint density at radius 1 is 1.00 bits per heavy atom. The number of hydrogen-bond acceptors (Lipinski definition) is 5. The molecule has 0 spiro atoms. The first-order valence-electron chi connectivity index (χ1n) is 7.81. The third-order valence-electron chi connectivity index (χ3n) is 3.94. The number of benzene rings is 2. The fraction of sp³-hybridized carbons (Fsp3) is 0.294. The number of hydrogen-bond donors (Lipinski definition) is 2. The van der Waals surface area contributed by atoms with E-state index in [0.717, 1.165) is 11.1 Å². The van der Waals surface area contributed by atoms with Gasteiger partial charge in [0.05, 0.1) is 16.9 Å². The fourth-order valence-corrected chi connectivity index (χ4v) is 4.38. The maximum absolute atomic E-state index is 12.5. The molecular weight excluding hydrogens is 376 g/mol. The summed E-state index contributed by atoms with van der Waals surface area (Å²) in [6, 6.07) is 9.28. The lowest BCUT2D eigenvalue weighted by Crippen LogP contribution is -2.26. The van der Waals surface area contributed by atoms with E-state index < -0.39 is 20.0 Å². The van der Waals surface area contributed by atoms with Crippen LogP contribution in [0.25, 0.3) is 0 Å². The smallest absolute Gasteiger partial charge is 0.240 e. The highest BCUT2D eigenvalue weighted by molar-refractivity contribution is 7.89. The molecule has 3 N–H and O–H groups in total. The molecule has 0 unspecified atom stereocenters. The summed E-state index contributed by atoms with van der Waals surface area (Å²) < 4.78 is 55.3. The van der Waals surface area contributed by atoms with Gasteiger partial charge in [-0.1, -0.05) is 12.1 Å². The number of rotatable bonds is 7. The predicted molar refractivity (Wildman–Crippen MR) is 99.2 cm³/mol. The Hall–Kier alpha value is -1.94. The molecule has 0 atom stereocenters. The summed E-state index contributed by atoms with van der Waals surface area (Å²) in [5, 5.41) is 5.05. The summed E-state index contributed by atoms with van der Waals surface area (Å²) >= 11 is 0. The molecule has 0 aromatic heterocycles. The van der Waals surface area contributed by atoms with Crippen LogP contribution in [0.4, 0.5) is 0 Å². The van der Waals surface area contributed by atoms with Crippen molar-refractivity contribution in [2.24, 2.45) is 5.14 Å². The topological polar surface area (TPSA) is 116 Å². The summed E-state index contributed by atoms with van der Waals surface area (Å²) in [7, 11) is -5.86. The molecule has 2 rings (SSSR count). The van der Waals surface area contributed by atoms with Gasteiger partial charge in [-0.15, -0.1) is 0 Å². The van der Waals surface area contributed by atoms with E-state index in [1.54, 1.807) is 38.1 Å². The van der Waals surface area contributed by atoms with E-state index in [1.165, 1.54) is 19.2 Å². The van der Waals surface area contributed by atoms with Crippen molar-refractivity contribution in [2.45, 2.75) is 30.1 Å². The number of nitrogens with two attached hydrogens (primary N) is 1. The third-order valence-corrected chi connectivity index (χ3v) is 6.47. The molecule has 0 saturated heterocycles. The highest BCUT2D eigenvalue weighted by atomic mass is 32.2. The Morgan fingerprint density at radius 3 is 2.15 bits per heavy atom. The lowest BCUT2D eigenvalue weighted by molar-refractivity contribution is 0.411. The maximum Gasteiger partial charge on any atom is 0.240 e. The number of nitrogens with one attached hydrogen (secondary N) is 1. The van der Waals surface area contributed by atoms with Crippen LogP contribution in [0.15, 0.2) is 46.2 Å². The number of aryl methyl sites for hydroxylation is 2. The first-order chi connectivity index (χ1) is 12.0. The average Bonchev–Trinajstić information content (AvgIpc) is 2.56. The summed E-state index contributed by atoms with van der Waals surface area (Å²) in [6.07, 6.45) is 0.415. The van der Waals surface area contributed by atoms with Crippen molar-refractivity contribution in [1.29, 1.82) is 0 Å². The lowest BCUT2D eigenvalue weighted by atomic mass is 10.1. The minimum absolute atomic E-state index is 0.0196. The molecule has 0 aliphatic carbocycles. The second kappa shape index (κ2) is 7.75. The Balaban J connectivity index is 2.08. The Kier molecular flexibility index (Phi) is 6.07. The first-order valence-corrected chi connectivity index (χ1v) is 10.8. The average molecular weight is 399 g/mol. The molecule has 0 aliphatic heterocycles. The fourth-order valence-electron chi connectivity index (χ4n) is 2.53. The van der Waals surface area contributed by atoms with Gasteiger partial charge in [0.25, 0.3) is 0 Å². The van der Waals surface area contributed by atoms with Crippen LogP contribution < -0.4 is 14.6 Å². The third kappa shape index (κ3) is 4.82. The van der Waals surface area contributed by atoms with Crippen molar-refractivity contribution in [3.63, 3.8) is 0 Å². The van der Waals surface area contributed by atoms with Crippen LogP contribution in [0.3, 0.4) is 0 Å². The molecule has 26 heavy (non-hydrogen) atoms. The molecule has 0 heterocycles. The number of methoxy groups -OCH3 is 1. The van der Waals surface area contributed by atoms with E-state index in [9.17, 15) is 16.8 Å². The number of ether oxygens (including phenoxy) is 1. The minimum atomic E-state index is -3.74. The van der Waals surface area contributed by atoms with E-state index in [0.29, 0.717) is 17.7 Å². The molecule has 7 nitrogen and oxygen atoms in total. The largest absolute Gasteiger partial charge is 0.496 e. The number of sulfonamides is 2. The van der Waals surface area contributed by atoms with Crippen LogP contribution >= 0.6 is 0 Å². The zero-order valence-electron chi connectivity index (χ0n) is 14.8. The molecule has 2 aromatic carbocycles. The first kappa shape index (κ1) is 20.4. The summed E-state index contributed by atoms with van der Waals surface area (Å²) in [4.78, 5) is 0.228. The molecule has 142 valence electrons. The minimum Gasteiger partial charge on any atom is -0.496 e. The van der Waals surface area contributed by atoms with Gasteiger partial charge in [-0.05, 0) is 61.2 Å². The van der Waals surface area contributed by atoms with E-state index in [-0.39, 0.29) is 16.3 Å². The van der Waals surface area contributed by atoms with E-state index in [1.807, 2.05) is 0 Å². The molecule has 0 fully saturated rings. The Bertz CT molecular complexity index is 998. The van der Waals surface area contributed by atoms with Crippen molar-refractivity contribution in [3.05, 3.63) is 53.1 Å². The van der Waals surface area contributed by atoms with Gasteiger partial charge >= 0.3 is 0 Å². The van der Waals surface area contributed by atoms with Gasteiger partial charge in [0.1, 0.15) is 5.75 Å². The van der Waals surface area contributed by atoms with Crippen molar-refractivity contribution >= 4 is 20.0 Å². The predicted octanol–water partition coefficient (Wildman–Crippen LogP) is 1.48. The monoisotopic (exact) mass is 398 g/mol. The summed E-state index contributed by atoms with van der Waals surface area (Å²) in [5.41, 5.74) is 2.12. The van der Waals surface area contributed by atoms with Crippen LogP contribution in [0.1, 0.15) is 16.7 Å². The van der Waals surface area contributed by atoms with Crippen LogP contribution in [0.2, 0.25) is 0 Å². The zero-order chi connectivity index (χ0) is 19.5. The van der Waals surface area contributed by atoms with Gasteiger partial charge in [0.15, 0.2) is 0 Å². The van der Waals surface area contributed by atoms with Gasteiger partial charge in [-0.3, -0.25) is 0 Å². The van der Waals surface area contributed by atoms with Crippen molar-refractivity contribution in [3.8, 4) is 5.75 Å². The maximum atomic E-state index is 12.5. The second-order valence-corrected chi connectivity index (χ2v) is 9.22. The molecule has 9 heteroatoms. The molecule has 0 bridgehead atoms. The van der Waals surface area contributed by atoms with Gasteiger partial charge in [0, 0.05) is 6.54 Å². The van der Waals surface area contributed by atoms with Crippen LogP contribution in [-0.4, -0.2) is 30.5 Å². The molecule has 0 saturated carbocycles. The van der Waals surface area contributed by atoms with E-state index >= 15 is 0 Å². The second-order valence-electron chi connectivity index (χ2n) is 5.92. The summed E-state index contributed by atoms with van der Waals surface area (Å²) in [6.45, 7) is 3.68. The molecule has 0 radical (unpaired) electrons. The normalized spacial score (nSPS) is 12.2. The number of primary sulfonamides is 1. The SMILES string of the molecule is COc1cc(C)c(S(=O)(=O)NCCc2ccc(S(N)(=O)=O)cc2)cc1C.